The van der Waals surface area contributed by atoms with Crippen LogP contribution in [0.15, 0.2) is 23.6 Å². The predicted molar refractivity (Wildman–Crippen MR) is 103 cm³/mol. The molecule has 0 radical (unpaired) electrons. The molecule has 0 saturated heterocycles. The zero-order valence-corrected chi connectivity index (χ0v) is 16.4. The van der Waals surface area contributed by atoms with Crippen LogP contribution in [-0.4, -0.2) is 57.8 Å². The first-order chi connectivity index (χ1) is 12.5. The van der Waals surface area contributed by atoms with E-state index in [-0.39, 0.29) is 5.91 Å². The lowest BCUT2D eigenvalue weighted by Gasteiger charge is -2.20. The van der Waals surface area contributed by atoms with E-state index in [4.69, 9.17) is 0 Å². The highest BCUT2D eigenvalue weighted by Gasteiger charge is 2.22. The van der Waals surface area contributed by atoms with Crippen molar-refractivity contribution in [2.45, 2.75) is 44.9 Å². The Morgan fingerprint density at radius 2 is 2.27 bits per heavy atom. The van der Waals surface area contributed by atoms with Gasteiger partial charge in [-0.15, -0.1) is 11.3 Å². The molecule has 0 saturated carbocycles. The van der Waals surface area contributed by atoms with Crippen LogP contribution in [0.2, 0.25) is 0 Å². The van der Waals surface area contributed by atoms with Gasteiger partial charge in [-0.1, -0.05) is 6.07 Å². The molecule has 2 aromatic rings. The number of rotatable bonds is 7. The van der Waals surface area contributed by atoms with Crippen LogP contribution in [0.5, 0.6) is 0 Å². The maximum atomic E-state index is 12.6. The minimum atomic E-state index is -0.598. The monoisotopic (exact) mass is 376 g/mol. The minimum Gasteiger partial charge on any atom is -0.385 e. The quantitative estimate of drug-likeness (QED) is 0.805. The molecule has 0 aliphatic carbocycles. The number of aromatic nitrogens is 2. The van der Waals surface area contributed by atoms with E-state index < -0.39 is 6.10 Å². The summed E-state index contributed by atoms with van der Waals surface area (Å²) >= 11 is 1.75. The van der Waals surface area contributed by atoms with Gasteiger partial charge >= 0.3 is 0 Å². The van der Waals surface area contributed by atoms with Crippen LogP contribution in [-0.2, 0) is 24.3 Å². The molecule has 0 aromatic carbocycles. The van der Waals surface area contributed by atoms with E-state index in [0.29, 0.717) is 25.2 Å². The van der Waals surface area contributed by atoms with Crippen LogP contribution in [0.3, 0.4) is 0 Å². The summed E-state index contributed by atoms with van der Waals surface area (Å²) in [6.45, 7) is 2.70. The average Bonchev–Trinajstić information content (AvgIpc) is 3.20. The van der Waals surface area contributed by atoms with E-state index in [1.807, 2.05) is 34.6 Å². The number of thiophene rings is 1. The molecule has 1 amide bonds. The van der Waals surface area contributed by atoms with Gasteiger partial charge in [0.1, 0.15) is 6.10 Å². The molecular formula is C19H28N4O2S. The highest BCUT2D eigenvalue weighted by atomic mass is 32.1. The number of carbonyl (C=O) groups excluding carboxylic acids is 1. The molecule has 6 nitrogen and oxygen atoms in total. The molecule has 2 aromatic heterocycles. The van der Waals surface area contributed by atoms with Crippen LogP contribution in [0, 0.1) is 0 Å². The highest BCUT2D eigenvalue weighted by Crippen LogP contribution is 2.20. The van der Waals surface area contributed by atoms with E-state index >= 15 is 0 Å². The molecule has 3 heterocycles. The summed E-state index contributed by atoms with van der Waals surface area (Å²) in [7, 11) is 3.86. The van der Waals surface area contributed by atoms with E-state index in [1.165, 1.54) is 4.88 Å². The molecule has 1 aliphatic heterocycles. The van der Waals surface area contributed by atoms with Crippen LogP contribution >= 0.6 is 11.3 Å². The molecule has 0 spiro atoms. The Kier molecular flexibility index (Phi) is 6.45. The van der Waals surface area contributed by atoms with E-state index in [9.17, 15) is 9.90 Å². The molecule has 26 heavy (non-hydrogen) atoms. The van der Waals surface area contributed by atoms with Gasteiger partial charge in [0.15, 0.2) is 0 Å². The fourth-order valence-electron chi connectivity index (χ4n) is 3.33. The number of hydrogen-bond acceptors (Lipinski definition) is 5. The maximum absolute atomic E-state index is 12.6. The van der Waals surface area contributed by atoms with Gasteiger partial charge in [0, 0.05) is 30.9 Å². The SMILES string of the molecule is CN(C)C[C@@H](O)c1cc2n(n1)CCCN(C(=O)CCCc1cccs1)C2. The van der Waals surface area contributed by atoms with Gasteiger partial charge in [-0.2, -0.15) is 5.10 Å². The average molecular weight is 377 g/mol. The van der Waals surface area contributed by atoms with E-state index in [0.717, 1.165) is 38.0 Å². The summed E-state index contributed by atoms with van der Waals surface area (Å²) in [6.07, 6.45) is 2.74. The van der Waals surface area contributed by atoms with Gasteiger partial charge in [-0.3, -0.25) is 9.48 Å². The number of hydrogen-bond donors (Lipinski definition) is 1. The summed E-state index contributed by atoms with van der Waals surface area (Å²) in [6, 6.07) is 6.13. The van der Waals surface area contributed by atoms with Crippen molar-refractivity contribution in [1.82, 2.24) is 19.6 Å². The molecule has 1 atom stereocenters. The summed E-state index contributed by atoms with van der Waals surface area (Å²) < 4.78 is 1.95. The fraction of sp³-hybridized carbons (Fsp3) is 0.579. The molecule has 0 fully saturated rings. The molecule has 7 heteroatoms. The van der Waals surface area contributed by atoms with Gasteiger partial charge in [0.25, 0.3) is 0 Å². The second-order valence-corrected chi connectivity index (χ2v) is 8.20. The number of aliphatic hydroxyl groups is 1. The van der Waals surface area contributed by atoms with Crippen molar-refractivity contribution in [2.75, 3.05) is 27.2 Å². The van der Waals surface area contributed by atoms with Crippen LogP contribution in [0.25, 0.3) is 0 Å². The number of nitrogens with zero attached hydrogens (tertiary/aromatic N) is 4. The number of likely N-dealkylation sites (N-methyl/N-ethyl adjacent to an activating group) is 1. The Hall–Kier alpha value is -1.70. The molecule has 142 valence electrons. The van der Waals surface area contributed by atoms with Crippen molar-refractivity contribution in [3.63, 3.8) is 0 Å². The minimum absolute atomic E-state index is 0.214. The Balaban J connectivity index is 1.57. The third-order valence-electron chi connectivity index (χ3n) is 4.66. The van der Waals surface area contributed by atoms with Crippen molar-refractivity contribution in [3.05, 3.63) is 39.8 Å². The van der Waals surface area contributed by atoms with Crippen LogP contribution < -0.4 is 0 Å². The zero-order valence-electron chi connectivity index (χ0n) is 15.6. The summed E-state index contributed by atoms with van der Waals surface area (Å²) in [5.74, 6) is 0.214. The number of amides is 1. The highest BCUT2D eigenvalue weighted by molar-refractivity contribution is 7.09. The summed E-state index contributed by atoms with van der Waals surface area (Å²) in [5, 5.41) is 16.9. The van der Waals surface area contributed by atoms with Gasteiger partial charge in [0.2, 0.25) is 5.91 Å². The van der Waals surface area contributed by atoms with Crippen LogP contribution in [0.4, 0.5) is 0 Å². The molecule has 0 bridgehead atoms. The first kappa shape index (κ1) is 19.1. The molecule has 1 aliphatic rings. The first-order valence-electron chi connectivity index (χ1n) is 9.22. The smallest absolute Gasteiger partial charge is 0.222 e. The summed E-state index contributed by atoms with van der Waals surface area (Å²) in [4.78, 5) is 17.8. The van der Waals surface area contributed by atoms with Gasteiger partial charge < -0.3 is 14.9 Å². The van der Waals surface area contributed by atoms with Crippen molar-refractivity contribution in [1.29, 1.82) is 0 Å². The number of aryl methyl sites for hydroxylation is 2. The normalized spacial score (nSPS) is 15.8. The maximum Gasteiger partial charge on any atom is 0.222 e. The first-order valence-corrected chi connectivity index (χ1v) is 10.1. The number of aliphatic hydroxyl groups excluding tert-OH is 1. The molecular weight excluding hydrogens is 348 g/mol. The van der Waals surface area contributed by atoms with Crippen molar-refractivity contribution in [2.24, 2.45) is 0 Å². The topological polar surface area (TPSA) is 61.6 Å². The predicted octanol–water partition coefficient (Wildman–Crippen LogP) is 2.29. The van der Waals surface area contributed by atoms with Crippen molar-refractivity contribution < 1.29 is 9.90 Å². The van der Waals surface area contributed by atoms with Crippen molar-refractivity contribution in [3.8, 4) is 0 Å². The molecule has 0 unspecified atom stereocenters. The van der Waals surface area contributed by atoms with Gasteiger partial charge in [-0.05, 0) is 50.9 Å². The number of carbonyl (C=O) groups is 1. The van der Waals surface area contributed by atoms with Crippen molar-refractivity contribution >= 4 is 17.2 Å². The second-order valence-electron chi connectivity index (χ2n) is 7.16. The Labute approximate surface area is 159 Å². The third-order valence-corrected chi connectivity index (χ3v) is 5.60. The lowest BCUT2D eigenvalue weighted by Crippen LogP contribution is -2.30. The molecule has 3 rings (SSSR count). The second kappa shape index (κ2) is 8.79. The number of fused-ring (bicyclic) bond motifs is 1. The standard InChI is InChI=1S/C19H28N4O2S/c1-21(2)14-18(24)17-12-15-13-22(9-5-10-23(15)20-17)19(25)8-3-6-16-7-4-11-26-16/h4,7,11-12,18,24H,3,5-6,8-10,13-14H2,1-2H3/t18-/m1/s1. The lowest BCUT2D eigenvalue weighted by atomic mass is 10.2. The third kappa shape index (κ3) is 4.93. The summed E-state index contributed by atoms with van der Waals surface area (Å²) in [5.41, 5.74) is 1.71. The zero-order chi connectivity index (χ0) is 18.5. The van der Waals surface area contributed by atoms with Gasteiger partial charge in [-0.25, -0.2) is 0 Å². The van der Waals surface area contributed by atoms with Crippen LogP contribution in [0.1, 0.15) is 41.6 Å². The lowest BCUT2D eigenvalue weighted by molar-refractivity contribution is -0.131. The Bertz CT molecular complexity index is 711. The van der Waals surface area contributed by atoms with E-state index in [1.54, 1.807) is 11.3 Å². The molecule has 1 N–H and O–H groups in total. The van der Waals surface area contributed by atoms with Gasteiger partial charge in [0.05, 0.1) is 17.9 Å². The fourth-order valence-corrected chi connectivity index (χ4v) is 4.08. The Morgan fingerprint density at radius 3 is 3.00 bits per heavy atom. The van der Waals surface area contributed by atoms with E-state index in [2.05, 4.69) is 22.6 Å². The Morgan fingerprint density at radius 1 is 1.42 bits per heavy atom. The largest absolute Gasteiger partial charge is 0.385 e.